The van der Waals surface area contributed by atoms with Crippen LogP contribution in [0.15, 0.2) is 18.2 Å². The highest BCUT2D eigenvalue weighted by Gasteiger charge is 2.30. The molecule has 0 saturated carbocycles. The minimum Gasteiger partial charge on any atom is -0.333 e. The molecule has 2 rings (SSSR count). The summed E-state index contributed by atoms with van der Waals surface area (Å²) in [7, 11) is 0. The van der Waals surface area contributed by atoms with Crippen LogP contribution in [-0.4, -0.2) is 29.8 Å². The number of carbonyl (C=O) groups is 2. The van der Waals surface area contributed by atoms with Crippen molar-refractivity contribution >= 4 is 18.0 Å². The van der Waals surface area contributed by atoms with Crippen LogP contribution in [0.4, 0.5) is 5.69 Å². The van der Waals surface area contributed by atoms with Gasteiger partial charge in [-0.05, 0) is 35.8 Å². The van der Waals surface area contributed by atoms with E-state index in [1.165, 1.54) is 0 Å². The van der Waals surface area contributed by atoms with Crippen LogP contribution in [0.3, 0.4) is 0 Å². The van der Waals surface area contributed by atoms with E-state index in [-0.39, 0.29) is 11.9 Å². The second-order valence-corrected chi connectivity index (χ2v) is 6.61. The van der Waals surface area contributed by atoms with Crippen LogP contribution in [0.5, 0.6) is 0 Å². The zero-order valence-electron chi connectivity index (χ0n) is 13.9. The SMILES string of the molecule is CC(C)c1cccc(C(C)C)c1NC(=O)[C@@H]1CCCN1C=O. The Morgan fingerprint density at radius 1 is 1.23 bits per heavy atom. The molecular formula is C18H26N2O2. The van der Waals surface area contributed by atoms with Gasteiger partial charge in [0, 0.05) is 12.2 Å². The normalized spacial score (nSPS) is 18.1. The van der Waals surface area contributed by atoms with Crippen molar-refractivity contribution in [1.29, 1.82) is 0 Å². The van der Waals surface area contributed by atoms with Crippen molar-refractivity contribution in [2.45, 2.75) is 58.4 Å². The Balaban J connectivity index is 2.31. The lowest BCUT2D eigenvalue weighted by molar-refractivity contribution is -0.127. The van der Waals surface area contributed by atoms with Gasteiger partial charge in [-0.2, -0.15) is 0 Å². The lowest BCUT2D eigenvalue weighted by Crippen LogP contribution is -2.39. The Hall–Kier alpha value is -1.84. The fraction of sp³-hybridized carbons (Fsp3) is 0.556. The van der Waals surface area contributed by atoms with Gasteiger partial charge in [0.1, 0.15) is 6.04 Å². The van der Waals surface area contributed by atoms with E-state index in [0.29, 0.717) is 18.4 Å². The van der Waals surface area contributed by atoms with Gasteiger partial charge in [-0.25, -0.2) is 0 Å². The summed E-state index contributed by atoms with van der Waals surface area (Å²) in [6, 6.07) is 5.85. The Morgan fingerprint density at radius 3 is 2.32 bits per heavy atom. The van der Waals surface area contributed by atoms with Gasteiger partial charge in [0.2, 0.25) is 12.3 Å². The molecule has 1 heterocycles. The van der Waals surface area contributed by atoms with E-state index in [4.69, 9.17) is 0 Å². The van der Waals surface area contributed by atoms with E-state index in [9.17, 15) is 9.59 Å². The van der Waals surface area contributed by atoms with E-state index in [2.05, 4.69) is 45.1 Å². The maximum atomic E-state index is 12.6. The number of nitrogens with one attached hydrogen (secondary N) is 1. The van der Waals surface area contributed by atoms with Gasteiger partial charge in [0.25, 0.3) is 0 Å². The van der Waals surface area contributed by atoms with Gasteiger partial charge in [-0.3, -0.25) is 9.59 Å². The summed E-state index contributed by atoms with van der Waals surface area (Å²) < 4.78 is 0. The van der Waals surface area contributed by atoms with Crippen molar-refractivity contribution in [3.05, 3.63) is 29.3 Å². The summed E-state index contributed by atoms with van der Waals surface area (Å²) in [5.41, 5.74) is 3.22. The predicted octanol–water partition coefficient (Wildman–Crippen LogP) is 3.49. The number of benzene rings is 1. The number of likely N-dealkylation sites (tertiary alicyclic amines) is 1. The molecule has 1 aromatic rings. The molecule has 4 nitrogen and oxygen atoms in total. The van der Waals surface area contributed by atoms with Crippen LogP contribution < -0.4 is 5.32 Å². The first-order valence-electron chi connectivity index (χ1n) is 8.10. The van der Waals surface area contributed by atoms with Gasteiger partial charge < -0.3 is 10.2 Å². The highest BCUT2D eigenvalue weighted by molar-refractivity contribution is 5.97. The van der Waals surface area contributed by atoms with E-state index >= 15 is 0 Å². The third kappa shape index (κ3) is 3.32. The molecule has 0 radical (unpaired) electrons. The number of nitrogens with zero attached hydrogens (tertiary/aromatic N) is 1. The Morgan fingerprint density at radius 2 is 1.82 bits per heavy atom. The Kier molecular flexibility index (Phi) is 5.22. The molecule has 120 valence electrons. The molecule has 1 aromatic carbocycles. The zero-order valence-corrected chi connectivity index (χ0v) is 13.9. The van der Waals surface area contributed by atoms with Crippen molar-refractivity contribution in [1.82, 2.24) is 4.90 Å². The van der Waals surface area contributed by atoms with Gasteiger partial charge >= 0.3 is 0 Å². The molecule has 1 aliphatic heterocycles. The number of hydrogen-bond acceptors (Lipinski definition) is 2. The van der Waals surface area contributed by atoms with Gasteiger partial charge in [0.15, 0.2) is 0 Å². The first-order chi connectivity index (χ1) is 10.5. The fourth-order valence-corrected chi connectivity index (χ4v) is 3.10. The predicted molar refractivity (Wildman–Crippen MR) is 89.0 cm³/mol. The second kappa shape index (κ2) is 6.95. The van der Waals surface area contributed by atoms with E-state index in [1.807, 2.05) is 6.07 Å². The maximum absolute atomic E-state index is 12.6. The topological polar surface area (TPSA) is 49.4 Å². The largest absolute Gasteiger partial charge is 0.333 e. The summed E-state index contributed by atoms with van der Waals surface area (Å²) in [6.45, 7) is 9.18. The zero-order chi connectivity index (χ0) is 16.3. The molecule has 22 heavy (non-hydrogen) atoms. The highest BCUT2D eigenvalue weighted by atomic mass is 16.2. The van der Waals surface area contributed by atoms with Gasteiger partial charge in [0.05, 0.1) is 0 Å². The summed E-state index contributed by atoms with van der Waals surface area (Å²) in [5, 5.41) is 3.11. The van der Waals surface area contributed by atoms with E-state index < -0.39 is 0 Å². The van der Waals surface area contributed by atoms with Crippen LogP contribution in [0.25, 0.3) is 0 Å². The minimum atomic E-state index is -0.335. The molecule has 0 aliphatic carbocycles. The molecule has 1 N–H and O–H groups in total. The molecule has 2 amide bonds. The summed E-state index contributed by atoms with van der Waals surface area (Å²) in [5.74, 6) is 0.596. The number of para-hydroxylation sites is 1. The number of hydrogen-bond donors (Lipinski definition) is 1. The van der Waals surface area contributed by atoms with Crippen LogP contribution in [0, 0.1) is 0 Å². The highest BCUT2D eigenvalue weighted by Crippen LogP contribution is 2.33. The summed E-state index contributed by atoms with van der Waals surface area (Å²) in [6.07, 6.45) is 2.42. The molecule has 0 unspecified atom stereocenters. The molecule has 1 atom stereocenters. The van der Waals surface area contributed by atoms with Crippen LogP contribution in [0.2, 0.25) is 0 Å². The molecule has 0 spiro atoms. The number of amides is 2. The molecular weight excluding hydrogens is 276 g/mol. The molecule has 1 saturated heterocycles. The number of carbonyl (C=O) groups excluding carboxylic acids is 2. The van der Waals surface area contributed by atoms with Gasteiger partial charge in [-0.15, -0.1) is 0 Å². The van der Waals surface area contributed by atoms with Crippen molar-refractivity contribution in [2.24, 2.45) is 0 Å². The first kappa shape index (κ1) is 16.5. The number of anilines is 1. The fourth-order valence-electron chi connectivity index (χ4n) is 3.10. The van der Waals surface area contributed by atoms with Crippen LogP contribution >= 0.6 is 0 Å². The lowest BCUT2D eigenvalue weighted by Gasteiger charge is -2.24. The average molecular weight is 302 g/mol. The van der Waals surface area contributed by atoms with Gasteiger partial charge in [-0.1, -0.05) is 45.9 Å². The standard InChI is InChI=1S/C18H26N2O2/c1-12(2)14-7-5-8-15(13(3)4)17(14)19-18(22)16-9-6-10-20(16)11-21/h5,7-8,11-13,16H,6,9-10H2,1-4H3,(H,19,22)/t16-/m0/s1. The third-order valence-electron chi connectivity index (χ3n) is 4.35. The van der Waals surface area contributed by atoms with Crippen molar-refractivity contribution in [3.8, 4) is 0 Å². The molecule has 0 bridgehead atoms. The van der Waals surface area contributed by atoms with E-state index in [1.54, 1.807) is 4.90 Å². The molecule has 4 heteroatoms. The summed E-state index contributed by atoms with van der Waals surface area (Å²) >= 11 is 0. The average Bonchev–Trinajstić information content (AvgIpc) is 2.95. The lowest BCUT2D eigenvalue weighted by atomic mass is 9.92. The van der Waals surface area contributed by atoms with Crippen molar-refractivity contribution < 1.29 is 9.59 Å². The Bertz CT molecular complexity index is 526. The maximum Gasteiger partial charge on any atom is 0.247 e. The molecule has 1 aliphatic rings. The smallest absolute Gasteiger partial charge is 0.247 e. The summed E-state index contributed by atoms with van der Waals surface area (Å²) in [4.78, 5) is 25.3. The monoisotopic (exact) mass is 302 g/mol. The van der Waals surface area contributed by atoms with Crippen LogP contribution in [0.1, 0.15) is 63.5 Å². The third-order valence-corrected chi connectivity index (χ3v) is 4.35. The molecule has 0 aromatic heterocycles. The number of rotatable bonds is 5. The first-order valence-corrected chi connectivity index (χ1v) is 8.10. The minimum absolute atomic E-state index is 0.0698. The van der Waals surface area contributed by atoms with Crippen molar-refractivity contribution in [3.63, 3.8) is 0 Å². The Labute approximate surface area is 132 Å². The van der Waals surface area contributed by atoms with Crippen LogP contribution in [-0.2, 0) is 9.59 Å². The second-order valence-electron chi connectivity index (χ2n) is 6.61. The quantitative estimate of drug-likeness (QED) is 0.846. The van der Waals surface area contributed by atoms with E-state index in [0.717, 1.165) is 36.1 Å². The molecule has 1 fully saturated rings. The van der Waals surface area contributed by atoms with Crippen molar-refractivity contribution in [2.75, 3.05) is 11.9 Å².